The first-order chi connectivity index (χ1) is 7.00. The van der Waals surface area contributed by atoms with Crippen molar-refractivity contribution in [2.75, 3.05) is 0 Å². The molecule has 7 heteroatoms. The van der Waals surface area contributed by atoms with Crippen LogP contribution in [0.15, 0.2) is 15.7 Å². The number of benzene rings is 1. The average Bonchev–Trinajstić information content (AvgIpc) is 2.13. The Kier molecular flexibility index (Phi) is 1.88. The molecule has 0 spiro atoms. The second kappa shape index (κ2) is 2.97. The number of aromatic amines is 2. The first-order valence-electron chi connectivity index (χ1n) is 3.80. The van der Waals surface area contributed by atoms with E-state index in [0.717, 1.165) is 0 Å². The van der Waals surface area contributed by atoms with Gasteiger partial charge in [0.05, 0.1) is 5.52 Å². The minimum Gasteiger partial charge on any atom is -0.304 e. The molecular formula is C8H3F3N2O2. The van der Waals surface area contributed by atoms with Crippen LogP contribution in [0.1, 0.15) is 0 Å². The quantitative estimate of drug-likeness (QED) is 0.634. The fourth-order valence-electron chi connectivity index (χ4n) is 1.24. The molecule has 78 valence electrons. The van der Waals surface area contributed by atoms with Crippen molar-refractivity contribution in [3.05, 3.63) is 44.4 Å². The van der Waals surface area contributed by atoms with Gasteiger partial charge in [-0.3, -0.25) is 9.78 Å². The first kappa shape index (κ1) is 9.50. The van der Waals surface area contributed by atoms with Gasteiger partial charge >= 0.3 is 5.69 Å². The van der Waals surface area contributed by atoms with Gasteiger partial charge in [-0.05, 0) is 0 Å². The zero-order chi connectivity index (χ0) is 11.2. The molecule has 1 heterocycles. The number of hydrogen-bond donors (Lipinski definition) is 2. The predicted octanol–water partition coefficient (Wildman–Crippen LogP) is 0.634. The summed E-state index contributed by atoms with van der Waals surface area (Å²) in [5.41, 5.74) is -2.82. The number of nitrogens with one attached hydrogen (secondary N) is 2. The summed E-state index contributed by atoms with van der Waals surface area (Å²) in [5.74, 6) is -4.19. The van der Waals surface area contributed by atoms with Gasteiger partial charge in [0.1, 0.15) is 5.39 Å². The van der Waals surface area contributed by atoms with Crippen molar-refractivity contribution in [3.8, 4) is 0 Å². The van der Waals surface area contributed by atoms with Gasteiger partial charge in [0.2, 0.25) is 0 Å². The summed E-state index contributed by atoms with van der Waals surface area (Å²) < 4.78 is 38.9. The second-order valence-corrected chi connectivity index (χ2v) is 2.81. The normalized spacial score (nSPS) is 10.9. The first-order valence-corrected chi connectivity index (χ1v) is 3.80. The Morgan fingerprint density at radius 3 is 2.33 bits per heavy atom. The van der Waals surface area contributed by atoms with Crippen LogP contribution in [0.25, 0.3) is 10.9 Å². The molecule has 0 aliphatic carbocycles. The molecule has 15 heavy (non-hydrogen) atoms. The Hall–Kier alpha value is -2.05. The Bertz CT molecular complexity index is 659. The van der Waals surface area contributed by atoms with Crippen molar-refractivity contribution >= 4 is 10.9 Å². The highest BCUT2D eigenvalue weighted by atomic mass is 19.2. The van der Waals surface area contributed by atoms with Crippen molar-refractivity contribution < 1.29 is 13.2 Å². The van der Waals surface area contributed by atoms with Gasteiger partial charge in [-0.25, -0.2) is 18.0 Å². The van der Waals surface area contributed by atoms with Gasteiger partial charge in [-0.1, -0.05) is 0 Å². The van der Waals surface area contributed by atoms with Crippen LogP contribution in [0.2, 0.25) is 0 Å². The lowest BCUT2D eigenvalue weighted by molar-refractivity contribution is 0.504. The van der Waals surface area contributed by atoms with Crippen molar-refractivity contribution in [1.29, 1.82) is 0 Å². The van der Waals surface area contributed by atoms with Crippen LogP contribution in [0.5, 0.6) is 0 Å². The minimum atomic E-state index is -1.50. The predicted molar refractivity (Wildman–Crippen MR) is 45.1 cm³/mol. The third kappa shape index (κ3) is 1.32. The molecular weight excluding hydrogens is 213 g/mol. The van der Waals surface area contributed by atoms with Gasteiger partial charge in [0.15, 0.2) is 17.5 Å². The van der Waals surface area contributed by atoms with Crippen molar-refractivity contribution in [2.45, 2.75) is 0 Å². The van der Waals surface area contributed by atoms with E-state index in [2.05, 4.69) is 0 Å². The van der Waals surface area contributed by atoms with E-state index < -0.39 is 39.6 Å². The average molecular weight is 216 g/mol. The summed E-state index contributed by atoms with van der Waals surface area (Å²) in [4.78, 5) is 25.4. The summed E-state index contributed by atoms with van der Waals surface area (Å²) >= 11 is 0. The molecule has 0 atom stereocenters. The zero-order valence-electron chi connectivity index (χ0n) is 7.03. The van der Waals surface area contributed by atoms with E-state index in [4.69, 9.17) is 0 Å². The third-order valence-electron chi connectivity index (χ3n) is 1.86. The summed E-state index contributed by atoms with van der Waals surface area (Å²) in [6.07, 6.45) is 0. The molecule has 0 unspecified atom stereocenters. The maximum absolute atomic E-state index is 13.1. The molecule has 1 aromatic carbocycles. The molecule has 0 amide bonds. The molecule has 0 aliphatic rings. The SMILES string of the molecule is O=c1[nH]c(=O)c2c(F)c(F)cc(F)c2[nH]1. The van der Waals surface area contributed by atoms with E-state index in [1.54, 1.807) is 4.98 Å². The number of halogens is 3. The van der Waals surface area contributed by atoms with Crippen LogP contribution in [-0.4, -0.2) is 9.97 Å². The molecule has 0 radical (unpaired) electrons. The Labute approximate surface area is 79.4 Å². The molecule has 1 aromatic heterocycles. The van der Waals surface area contributed by atoms with Crippen LogP contribution in [0, 0.1) is 17.5 Å². The maximum Gasteiger partial charge on any atom is 0.326 e. The van der Waals surface area contributed by atoms with Gasteiger partial charge in [0, 0.05) is 6.07 Å². The number of aromatic nitrogens is 2. The molecule has 0 saturated carbocycles. The Balaban J connectivity index is 3.17. The summed E-state index contributed by atoms with van der Waals surface area (Å²) in [5, 5.41) is -0.841. The van der Waals surface area contributed by atoms with Crippen LogP contribution in [-0.2, 0) is 0 Å². The van der Waals surface area contributed by atoms with Crippen molar-refractivity contribution in [2.24, 2.45) is 0 Å². The molecule has 2 N–H and O–H groups in total. The van der Waals surface area contributed by atoms with Crippen LogP contribution in [0.3, 0.4) is 0 Å². The number of H-pyrrole nitrogens is 2. The fourth-order valence-corrected chi connectivity index (χ4v) is 1.24. The second-order valence-electron chi connectivity index (χ2n) is 2.81. The van der Waals surface area contributed by atoms with Crippen LogP contribution < -0.4 is 11.2 Å². The molecule has 2 aromatic rings. The zero-order valence-corrected chi connectivity index (χ0v) is 7.03. The lowest BCUT2D eigenvalue weighted by atomic mass is 10.2. The highest BCUT2D eigenvalue weighted by Gasteiger charge is 2.15. The highest BCUT2D eigenvalue weighted by molar-refractivity contribution is 5.78. The van der Waals surface area contributed by atoms with E-state index in [-0.39, 0.29) is 6.07 Å². The largest absolute Gasteiger partial charge is 0.326 e. The van der Waals surface area contributed by atoms with Crippen molar-refractivity contribution in [3.63, 3.8) is 0 Å². The summed E-state index contributed by atoms with van der Waals surface area (Å²) in [6.45, 7) is 0. The van der Waals surface area contributed by atoms with Gasteiger partial charge in [0.25, 0.3) is 5.56 Å². The lowest BCUT2D eigenvalue weighted by Crippen LogP contribution is -2.23. The van der Waals surface area contributed by atoms with Crippen LogP contribution >= 0.6 is 0 Å². The number of rotatable bonds is 0. The number of hydrogen-bond acceptors (Lipinski definition) is 2. The third-order valence-corrected chi connectivity index (χ3v) is 1.86. The van der Waals surface area contributed by atoms with Gasteiger partial charge < -0.3 is 4.98 Å². The minimum absolute atomic E-state index is 0.257. The van der Waals surface area contributed by atoms with E-state index >= 15 is 0 Å². The monoisotopic (exact) mass is 216 g/mol. The molecule has 2 rings (SSSR count). The lowest BCUT2D eigenvalue weighted by Gasteiger charge is -2.00. The topological polar surface area (TPSA) is 65.7 Å². The summed E-state index contributed by atoms with van der Waals surface area (Å²) in [6, 6.07) is 0.257. The van der Waals surface area contributed by atoms with E-state index in [1.165, 1.54) is 0 Å². The Morgan fingerprint density at radius 2 is 1.67 bits per heavy atom. The van der Waals surface area contributed by atoms with E-state index in [1.807, 2.05) is 4.98 Å². The van der Waals surface area contributed by atoms with Crippen molar-refractivity contribution in [1.82, 2.24) is 9.97 Å². The van der Waals surface area contributed by atoms with E-state index in [9.17, 15) is 22.8 Å². The van der Waals surface area contributed by atoms with Crippen LogP contribution in [0.4, 0.5) is 13.2 Å². The number of fused-ring (bicyclic) bond motifs is 1. The van der Waals surface area contributed by atoms with E-state index in [0.29, 0.717) is 0 Å². The summed E-state index contributed by atoms with van der Waals surface area (Å²) in [7, 11) is 0. The van der Waals surface area contributed by atoms with Gasteiger partial charge in [-0.15, -0.1) is 0 Å². The standard InChI is InChI=1S/C8H3F3N2O2/c9-2-1-3(10)6-4(5(2)11)7(14)13-8(15)12-6/h1H,(H2,12,13,14,15). The fraction of sp³-hybridized carbons (Fsp3) is 0. The smallest absolute Gasteiger partial charge is 0.304 e. The molecule has 0 bridgehead atoms. The van der Waals surface area contributed by atoms with Gasteiger partial charge in [-0.2, -0.15) is 0 Å². The molecule has 0 fully saturated rings. The Morgan fingerprint density at radius 1 is 1.00 bits per heavy atom. The highest BCUT2D eigenvalue weighted by Crippen LogP contribution is 2.17. The molecule has 0 aliphatic heterocycles. The maximum atomic E-state index is 13.1. The molecule has 0 saturated heterocycles. The molecule has 4 nitrogen and oxygen atoms in total.